The first-order chi connectivity index (χ1) is 11.6. The molecule has 0 saturated heterocycles. The van der Waals surface area contributed by atoms with Crippen molar-refractivity contribution >= 4 is 29.8 Å². The van der Waals surface area contributed by atoms with Crippen LogP contribution in [0.3, 0.4) is 0 Å². The number of carbonyl (C=O) groups excluding carboxylic acids is 1. The molecule has 1 aromatic rings. The molecule has 0 amide bonds. The van der Waals surface area contributed by atoms with Gasteiger partial charge in [0.1, 0.15) is 11.9 Å². The Kier molecular flexibility index (Phi) is 4.53. The van der Waals surface area contributed by atoms with E-state index in [1.807, 2.05) is 30.4 Å². The number of rotatable bonds is 4. The number of methoxy groups -OCH3 is 2. The van der Waals surface area contributed by atoms with Crippen LogP contribution in [0, 0.1) is 6.92 Å². The zero-order valence-corrected chi connectivity index (χ0v) is 14.8. The molecule has 0 saturated carbocycles. The lowest BCUT2D eigenvalue weighted by atomic mass is 10.2. The molecule has 2 aliphatic heterocycles. The van der Waals surface area contributed by atoms with Gasteiger partial charge in [-0.15, -0.1) is 0 Å². The average Bonchev–Trinajstić information content (AvgIpc) is 3.13. The SMILES string of the molecule is COC=C(C(=O)OC)C1=C(C)N2N=CN(c3ccccc3C)C2S1. The van der Waals surface area contributed by atoms with Gasteiger partial charge in [0.15, 0.2) is 5.50 Å². The Hall–Kier alpha value is -2.41. The van der Waals surface area contributed by atoms with Crippen LogP contribution in [0.15, 0.2) is 51.8 Å². The summed E-state index contributed by atoms with van der Waals surface area (Å²) in [6, 6.07) is 8.14. The molecule has 3 rings (SSSR count). The van der Waals surface area contributed by atoms with Crippen molar-refractivity contribution in [2.75, 3.05) is 19.1 Å². The van der Waals surface area contributed by atoms with E-state index in [0.717, 1.165) is 21.9 Å². The molecule has 1 atom stereocenters. The van der Waals surface area contributed by atoms with Crippen molar-refractivity contribution in [2.45, 2.75) is 19.3 Å². The van der Waals surface area contributed by atoms with E-state index in [1.165, 1.54) is 20.5 Å². The fraction of sp³-hybridized carbons (Fsp3) is 0.294. The predicted octanol–water partition coefficient (Wildman–Crippen LogP) is 3.03. The van der Waals surface area contributed by atoms with Crippen molar-refractivity contribution in [2.24, 2.45) is 5.10 Å². The number of ether oxygens (including phenoxy) is 2. The number of fused-ring (bicyclic) bond motifs is 1. The van der Waals surface area contributed by atoms with Crippen LogP contribution in [-0.4, -0.2) is 37.0 Å². The van der Waals surface area contributed by atoms with Crippen molar-refractivity contribution in [3.8, 4) is 0 Å². The summed E-state index contributed by atoms with van der Waals surface area (Å²) >= 11 is 1.55. The molecule has 0 aliphatic carbocycles. The van der Waals surface area contributed by atoms with E-state index in [2.05, 4.69) is 29.1 Å². The minimum atomic E-state index is -0.425. The maximum atomic E-state index is 12.1. The Balaban J connectivity index is 1.93. The van der Waals surface area contributed by atoms with Gasteiger partial charge in [0.05, 0.1) is 26.2 Å². The van der Waals surface area contributed by atoms with Gasteiger partial charge < -0.3 is 9.47 Å². The number of aryl methyl sites for hydroxylation is 1. The Morgan fingerprint density at radius 3 is 2.71 bits per heavy atom. The van der Waals surface area contributed by atoms with Crippen molar-refractivity contribution in [3.63, 3.8) is 0 Å². The van der Waals surface area contributed by atoms with Crippen LogP contribution < -0.4 is 4.90 Å². The zero-order chi connectivity index (χ0) is 17.3. The van der Waals surface area contributed by atoms with E-state index in [9.17, 15) is 4.79 Å². The molecular formula is C17H19N3O3S. The molecule has 0 N–H and O–H groups in total. The molecule has 1 unspecified atom stereocenters. The highest BCUT2D eigenvalue weighted by Crippen LogP contribution is 2.46. The van der Waals surface area contributed by atoms with Crippen LogP contribution >= 0.6 is 11.8 Å². The molecule has 1 aromatic carbocycles. The molecule has 2 aliphatic rings. The highest BCUT2D eigenvalue weighted by molar-refractivity contribution is 8.04. The first-order valence-electron chi connectivity index (χ1n) is 7.45. The number of thioether (sulfide) groups is 1. The maximum absolute atomic E-state index is 12.1. The second-order valence-electron chi connectivity index (χ2n) is 5.39. The van der Waals surface area contributed by atoms with Gasteiger partial charge in [-0.1, -0.05) is 30.0 Å². The summed E-state index contributed by atoms with van der Waals surface area (Å²) in [5.41, 5.74) is 3.48. The maximum Gasteiger partial charge on any atom is 0.342 e. The number of hydrogen-bond acceptors (Lipinski definition) is 7. The summed E-state index contributed by atoms with van der Waals surface area (Å²) in [7, 11) is 2.87. The second kappa shape index (κ2) is 6.60. The summed E-state index contributed by atoms with van der Waals surface area (Å²) < 4.78 is 9.93. The van der Waals surface area contributed by atoms with Crippen LogP contribution in [0.2, 0.25) is 0 Å². The number of hydrazone groups is 1. The normalized spacial score (nSPS) is 19.8. The fourth-order valence-electron chi connectivity index (χ4n) is 2.71. The van der Waals surface area contributed by atoms with Gasteiger partial charge in [-0.3, -0.25) is 4.90 Å². The number of esters is 1. The lowest BCUT2D eigenvalue weighted by Crippen LogP contribution is -2.33. The van der Waals surface area contributed by atoms with Crippen LogP contribution in [0.5, 0.6) is 0 Å². The van der Waals surface area contributed by atoms with Gasteiger partial charge in [0, 0.05) is 10.6 Å². The largest absolute Gasteiger partial charge is 0.503 e. The van der Waals surface area contributed by atoms with Crippen LogP contribution in [0.25, 0.3) is 0 Å². The highest BCUT2D eigenvalue weighted by Gasteiger charge is 2.41. The Morgan fingerprint density at radius 1 is 1.29 bits per heavy atom. The second-order valence-corrected chi connectivity index (χ2v) is 6.45. The number of benzene rings is 1. The summed E-state index contributed by atoms with van der Waals surface area (Å²) in [6.07, 6.45) is 3.24. The third kappa shape index (κ3) is 2.65. The predicted molar refractivity (Wildman–Crippen MR) is 95.2 cm³/mol. The quantitative estimate of drug-likeness (QED) is 0.475. The topological polar surface area (TPSA) is 54.4 Å². The summed E-state index contributed by atoms with van der Waals surface area (Å²) in [5.74, 6) is -0.425. The number of carbonyl (C=O) groups is 1. The minimum Gasteiger partial charge on any atom is -0.503 e. The Morgan fingerprint density at radius 2 is 2.04 bits per heavy atom. The van der Waals surface area contributed by atoms with Crippen molar-refractivity contribution in [3.05, 3.63) is 52.3 Å². The zero-order valence-electron chi connectivity index (χ0n) is 14.0. The first-order valence-corrected chi connectivity index (χ1v) is 8.33. The molecule has 0 spiro atoms. The van der Waals surface area contributed by atoms with Gasteiger partial charge in [0.2, 0.25) is 0 Å². The molecule has 6 nitrogen and oxygen atoms in total. The van der Waals surface area contributed by atoms with Crippen molar-refractivity contribution < 1.29 is 14.3 Å². The molecule has 0 radical (unpaired) electrons. The third-order valence-electron chi connectivity index (χ3n) is 3.92. The van der Waals surface area contributed by atoms with Gasteiger partial charge in [-0.2, -0.15) is 5.10 Å². The number of hydrogen-bond donors (Lipinski definition) is 0. The summed E-state index contributed by atoms with van der Waals surface area (Å²) in [6.45, 7) is 4.00. The molecular weight excluding hydrogens is 326 g/mol. The van der Waals surface area contributed by atoms with Crippen LogP contribution in [0.1, 0.15) is 12.5 Å². The summed E-state index contributed by atoms with van der Waals surface area (Å²) in [5, 5.41) is 6.39. The lowest BCUT2D eigenvalue weighted by Gasteiger charge is -2.25. The van der Waals surface area contributed by atoms with E-state index >= 15 is 0 Å². The van der Waals surface area contributed by atoms with Crippen molar-refractivity contribution in [1.82, 2.24) is 5.01 Å². The molecule has 0 bridgehead atoms. The number of anilines is 1. The van der Waals surface area contributed by atoms with Crippen LogP contribution in [-0.2, 0) is 14.3 Å². The van der Waals surface area contributed by atoms with Crippen LogP contribution in [0.4, 0.5) is 5.69 Å². The van der Waals surface area contributed by atoms with E-state index in [0.29, 0.717) is 5.57 Å². The number of para-hydroxylation sites is 1. The minimum absolute atomic E-state index is 0.0639. The van der Waals surface area contributed by atoms with Gasteiger partial charge in [-0.05, 0) is 25.5 Å². The van der Waals surface area contributed by atoms with Gasteiger partial charge in [-0.25, -0.2) is 9.80 Å². The molecule has 24 heavy (non-hydrogen) atoms. The monoisotopic (exact) mass is 345 g/mol. The smallest absolute Gasteiger partial charge is 0.342 e. The number of nitrogens with zero attached hydrogens (tertiary/aromatic N) is 3. The van der Waals surface area contributed by atoms with E-state index in [-0.39, 0.29) is 5.50 Å². The van der Waals surface area contributed by atoms with Gasteiger partial charge in [0.25, 0.3) is 0 Å². The Labute approximate surface area is 145 Å². The molecule has 7 heteroatoms. The standard InChI is InChI=1S/C17H19N3O3S/c1-11-7-5-6-8-14(11)19-10-18-20-12(2)15(24-17(19)20)13(9-22-3)16(21)23-4/h5-10,17H,1-4H3. The average molecular weight is 345 g/mol. The first kappa shape index (κ1) is 16.4. The number of allylic oxidation sites excluding steroid dienone is 1. The molecule has 0 fully saturated rings. The summed E-state index contributed by atoms with van der Waals surface area (Å²) in [4.78, 5) is 15.0. The van der Waals surface area contributed by atoms with Crippen molar-refractivity contribution in [1.29, 1.82) is 0 Å². The molecule has 2 heterocycles. The van der Waals surface area contributed by atoms with E-state index in [1.54, 1.807) is 11.8 Å². The van der Waals surface area contributed by atoms with Gasteiger partial charge >= 0.3 is 5.97 Å². The van der Waals surface area contributed by atoms with E-state index in [4.69, 9.17) is 9.47 Å². The van der Waals surface area contributed by atoms with E-state index < -0.39 is 5.97 Å². The Bertz CT molecular complexity index is 757. The fourth-order valence-corrected chi connectivity index (χ4v) is 4.04. The molecule has 126 valence electrons. The molecule has 0 aromatic heterocycles. The third-order valence-corrected chi connectivity index (χ3v) is 5.31. The lowest BCUT2D eigenvalue weighted by molar-refractivity contribution is -0.135. The highest BCUT2D eigenvalue weighted by atomic mass is 32.2.